The van der Waals surface area contributed by atoms with Crippen LogP contribution in [-0.4, -0.2) is 44.9 Å². The van der Waals surface area contributed by atoms with E-state index in [9.17, 15) is 14.7 Å². The molecule has 0 saturated carbocycles. The van der Waals surface area contributed by atoms with Crippen LogP contribution in [0.5, 0.6) is 0 Å². The van der Waals surface area contributed by atoms with Crippen molar-refractivity contribution in [3.05, 3.63) is 27.7 Å². The fraction of sp³-hybridized carbons (Fsp3) is 0.667. The zero-order valence-electron chi connectivity index (χ0n) is 12.3. The molecule has 0 radical (unpaired) electrons. The molecule has 21 heavy (non-hydrogen) atoms. The molecule has 1 atom stereocenters. The third-order valence-electron chi connectivity index (χ3n) is 4.48. The average molecular weight is 291 g/mol. The van der Waals surface area contributed by atoms with Crippen molar-refractivity contribution in [1.29, 1.82) is 0 Å². The van der Waals surface area contributed by atoms with E-state index in [0.717, 1.165) is 30.5 Å². The topological polar surface area (TPSA) is 75.4 Å². The van der Waals surface area contributed by atoms with Crippen LogP contribution in [0.3, 0.4) is 0 Å². The molecule has 0 spiro atoms. The Morgan fingerprint density at radius 1 is 1.38 bits per heavy atom. The molecule has 0 bridgehead atoms. The summed E-state index contributed by atoms with van der Waals surface area (Å²) in [4.78, 5) is 26.4. The number of rotatable bonds is 2. The summed E-state index contributed by atoms with van der Waals surface area (Å²) in [7, 11) is 0. The minimum absolute atomic E-state index is 0.0885. The highest BCUT2D eigenvalue weighted by atomic mass is 16.3. The van der Waals surface area contributed by atoms with E-state index in [1.165, 1.54) is 4.68 Å². The Bertz CT molecular complexity index is 603. The fourth-order valence-electron chi connectivity index (χ4n) is 3.15. The average Bonchev–Trinajstić information content (AvgIpc) is 2.93. The number of aliphatic hydroxyl groups is 1. The van der Waals surface area contributed by atoms with Crippen molar-refractivity contribution in [3.63, 3.8) is 0 Å². The number of nitrogens with zero attached hydrogens (tertiary/aromatic N) is 3. The Balaban J connectivity index is 1.80. The number of amides is 1. The van der Waals surface area contributed by atoms with Crippen molar-refractivity contribution >= 4 is 5.91 Å². The first-order valence-electron chi connectivity index (χ1n) is 7.64. The molecule has 3 rings (SSSR count). The standard InChI is InChI=1S/C15H21N3O3/c1-10(15(21)17-7-5-12(19)6-8-17)18-14(20)9-11-3-2-4-13(11)16-18/h9-10,12,19H,2-8H2,1H3. The monoisotopic (exact) mass is 291 g/mol. The molecule has 2 aliphatic rings. The molecule has 1 amide bonds. The Labute approximate surface area is 123 Å². The first kappa shape index (κ1) is 14.3. The van der Waals surface area contributed by atoms with Gasteiger partial charge in [-0.25, -0.2) is 4.68 Å². The van der Waals surface area contributed by atoms with Gasteiger partial charge in [0, 0.05) is 19.2 Å². The maximum absolute atomic E-state index is 12.5. The molecule has 1 aliphatic heterocycles. The normalized spacial score (nSPS) is 20.4. The molecule has 6 nitrogen and oxygen atoms in total. The number of carbonyl (C=O) groups excluding carboxylic acids is 1. The summed E-state index contributed by atoms with van der Waals surface area (Å²) < 4.78 is 1.32. The second-order valence-corrected chi connectivity index (χ2v) is 5.99. The lowest BCUT2D eigenvalue weighted by atomic mass is 10.1. The number of likely N-dealkylation sites (tertiary alicyclic amines) is 1. The first-order chi connectivity index (χ1) is 10.1. The van der Waals surface area contributed by atoms with Gasteiger partial charge >= 0.3 is 0 Å². The molecule has 1 aliphatic carbocycles. The predicted octanol–water partition coefficient (Wildman–Crippen LogP) is 0.276. The second kappa shape index (κ2) is 5.60. The van der Waals surface area contributed by atoms with Crippen LogP contribution in [0.4, 0.5) is 0 Å². The van der Waals surface area contributed by atoms with E-state index in [1.807, 2.05) is 0 Å². The third-order valence-corrected chi connectivity index (χ3v) is 4.48. The van der Waals surface area contributed by atoms with Crippen molar-refractivity contribution in [2.75, 3.05) is 13.1 Å². The van der Waals surface area contributed by atoms with Gasteiger partial charge in [-0.15, -0.1) is 0 Å². The quantitative estimate of drug-likeness (QED) is 0.849. The lowest BCUT2D eigenvalue weighted by Crippen LogP contribution is -2.45. The molecule has 1 aromatic heterocycles. The summed E-state index contributed by atoms with van der Waals surface area (Å²) in [6, 6.07) is 1.04. The number of aliphatic hydroxyl groups excluding tert-OH is 1. The van der Waals surface area contributed by atoms with E-state index >= 15 is 0 Å². The molecular weight excluding hydrogens is 270 g/mol. The molecule has 1 aromatic rings. The lowest BCUT2D eigenvalue weighted by molar-refractivity contribution is -0.136. The van der Waals surface area contributed by atoms with Gasteiger partial charge in [0.15, 0.2) is 0 Å². The van der Waals surface area contributed by atoms with Gasteiger partial charge in [0.05, 0.1) is 11.8 Å². The van der Waals surface area contributed by atoms with Crippen LogP contribution < -0.4 is 5.56 Å². The van der Waals surface area contributed by atoms with Gasteiger partial charge < -0.3 is 10.0 Å². The van der Waals surface area contributed by atoms with E-state index in [-0.39, 0.29) is 17.6 Å². The smallest absolute Gasteiger partial charge is 0.267 e. The summed E-state index contributed by atoms with van der Waals surface area (Å²) in [6.45, 7) is 2.82. The Morgan fingerprint density at radius 3 is 2.81 bits per heavy atom. The van der Waals surface area contributed by atoms with Crippen LogP contribution >= 0.6 is 0 Å². The maximum atomic E-state index is 12.5. The fourth-order valence-corrected chi connectivity index (χ4v) is 3.15. The molecule has 2 heterocycles. The van der Waals surface area contributed by atoms with Gasteiger partial charge in [0.2, 0.25) is 5.91 Å². The van der Waals surface area contributed by atoms with Crippen molar-refractivity contribution in [2.24, 2.45) is 0 Å². The molecule has 1 unspecified atom stereocenters. The van der Waals surface area contributed by atoms with E-state index in [2.05, 4.69) is 5.10 Å². The summed E-state index contributed by atoms with van der Waals surface area (Å²) in [6.07, 6.45) is 3.70. The van der Waals surface area contributed by atoms with E-state index in [4.69, 9.17) is 0 Å². The van der Waals surface area contributed by atoms with Crippen LogP contribution in [0.2, 0.25) is 0 Å². The van der Waals surface area contributed by atoms with Gasteiger partial charge in [0.1, 0.15) is 6.04 Å². The first-order valence-corrected chi connectivity index (χ1v) is 7.64. The summed E-state index contributed by atoms with van der Waals surface area (Å²) >= 11 is 0. The maximum Gasteiger partial charge on any atom is 0.267 e. The van der Waals surface area contributed by atoms with Crippen LogP contribution in [0.15, 0.2) is 10.9 Å². The number of piperidine rings is 1. The van der Waals surface area contributed by atoms with Gasteiger partial charge in [0.25, 0.3) is 5.56 Å². The third kappa shape index (κ3) is 2.72. The van der Waals surface area contributed by atoms with Crippen LogP contribution in [-0.2, 0) is 17.6 Å². The molecule has 6 heteroatoms. The minimum atomic E-state index is -0.585. The summed E-state index contributed by atoms with van der Waals surface area (Å²) in [5.41, 5.74) is 1.77. The molecule has 0 aromatic carbocycles. The Kier molecular flexibility index (Phi) is 3.80. The van der Waals surface area contributed by atoms with Crippen molar-refractivity contribution in [2.45, 2.75) is 51.2 Å². The van der Waals surface area contributed by atoms with Gasteiger partial charge in [-0.2, -0.15) is 5.10 Å². The number of aromatic nitrogens is 2. The van der Waals surface area contributed by atoms with E-state index < -0.39 is 6.04 Å². The van der Waals surface area contributed by atoms with E-state index in [1.54, 1.807) is 17.9 Å². The zero-order valence-corrected chi connectivity index (χ0v) is 12.3. The number of aryl methyl sites for hydroxylation is 2. The lowest BCUT2D eigenvalue weighted by Gasteiger charge is -2.31. The van der Waals surface area contributed by atoms with Gasteiger partial charge in [-0.3, -0.25) is 9.59 Å². The SMILES string of the molecule is CC(C(=O)N1CCC(O)CC1)n1nc2c(cc1=O)CCC2. The van der Waals surface area contributed by atoms with Crippen LogP contribution in [0, 0.1) is 0 Å². The van der Waals surface area contributed by atoms with Crippen molar-refractivity contribution in [1.82, 2.24) is 14.7 Å². The molecular formula is C15H21N3O3. The highest BCUT2D eigenvalue weighted by Gasteiger charge is 2.28. The Hall–Kier alpha value is -1.69. The summed E-state index contributed by atoms with van der Waals surface area (Å²) in [5.74, 6) is -0.0885. The van der Waals surface area contributed by atoms with Crippen LogP contribution in [0.25, 0.3) is 0 Å². The number of hydrogen-bond donors (Lipinski definition) is 1. The van der Waals surface area contributed by atoms with Crippen molar-refractivity contribution in [3.8, 4) is 0 Å². The molecule has 1 N–H and O–H groups in total. The predicted molar refractivity (Wildman–Crippen MR) is 77.1 cm³/mol. The van der Waals surface area contributed by atoms with Gasteiger partial charge in [-0.05, 0) is 44.6 Å². The summed E-state index contributed by atoms with van der Waals surface area (Å²) in [5, 5.41) is 13.9. The molecule has 1 saturated heterocycles. The number of carbonyl (C=O) groups is 1. The van der Waals surface area contributed by atoms with Gasteiger partial charge in [-0.1, -0.05) is 0 Å². The molecule has 1 fully saturated rings. The molecule has 114 valence electrons. The largest absolute Gasteiger partial charge is 0.393 e. The Morgan fingerprint density at radius 2 is 2.10 bits per heavy atom. The number of fused-ring (bicyclic) bond motifs is 1. The second-order valence-electron chi connectivity index (χ2n) is 5.99. The highest BCUT2D eigenvalue weighted by Crippen LogP contribution is 2.19. The van der Waals surface area contributed by atoms with E-state index in [0.29, 0.717) is 25.9 Å². The highest BCUT2D eigenvalue weighted by molar-refractivity contribution is 5.80. The zero-order chi connectivity index (χ0) is 15.0. The van der Waals surface area contributed by atoms with Crippen molar-refractivity contribution < 1.29 is 9.90 Å². The van der Waals surface area contributed by atoms with Crippen LogP contribution in [0.1, 0.15) is 43.5 Å². The minimum Gasteiger partial charge on any atom is -0.393 e. The number of hydrogen-bond acceptors (Lipinski definition) is 4.